The molecule has 0 bridgehead atoms. The maximum Gasteiger partial charge on any atom is 0.270 e. The molecule has 34 heavy (non-hydrogen) atoms. The van der Waals surface area contributed by atoms with Gasteiger partial charge < -0.3 is 9.64 Å². The summed E-state index contributed by atoms with van der Waals surface area (Å²) in [6, 6.07) is 18.0. The average Bonchev–Trinajstić information content (AvgIpc) is 2.89. The van der Waals surface area contributed by atoms with Gasteiger partial charge in [-0.05, 0) is 60.7 Å². The molecule has 1 saturated heterocycles. The summed E-state index contributed by atoms with van der Waals surface area (Å²) >= 11 is 1.69. The molecule has 2 aromatic carbocycles. The highest BCUT2D eigenvalue weighted by Crippen LogP contribution is 2.29. The fourth-order valence-corrected chi connectivity index (χ4v) is 5.39. The molecule has 2 N–H and O–H groups in total. The standard InChI is InChI=1S/C26H34N4O3S/c1-20(19-33-2)28-15-17-29(18-16-28)24-7-3-21(4-8-24)22-5-9-25(10-6-22)34-30-13-11-23(12-14-30)26(31)27-32/h3-11,20,32H,12-19H2,1-2H3,(H,27,31). The van der Waals surface area contributed by atoms with E-state index in [0.29, 0.717) is 24.6 Å². The molecule has 0 saturated carbocycles. The number of hydrogen-bond acceptors (Lipinski definition) is 7. The second-order valence-corrected chi connectivity index (χ2v) is 9.97. The number of piperazine rings is 1. The average molecular weight is 483 g/mol. The maximum atomic E-state index is 11.5. The second kappa shape index (κ2) is 11.9. The van der Waals surface area contributed by atoms with Gasteiger partial charge >= 0.3 is 0 Å². The predicted molar refractivity (Wildman–Crippen MR) is 137 cm³/mol. The molecule has 1 amide bonds. The summed E-state index contributed by atoms with van der Waals surface area (Å²) in [6.45, 7) is 8.67. The molecule has 2 aliphatic rings. The highest BCUT2D eigenvalue weighted by atomic mass is 32.2. The second-order valence-electron chi connectivity index (χ2n) is 8.80. The number of hydroxylamine groups is 1. The number of methoxy groups -OCH3 is 1. The summed E-state index contributed by atoms with van der Waals surface area (Å²) in [5.74, 6) is -0.404. The van der Waals surface area contributed by atoms with Crippen molar-refractivity contribution >= 4 is 23.5 Å². The lowest BCUT2D eigenvalue weighted by atomic mass is 10.1. The van der Waals surface area contributed by atoms with E-state index in [1.54, 1.807) is 24.5 Å². The van der Waals surface area contributed by atoms with Crippen molar-refractivity contribution < 1.29 is 14.7 Å². The Labute approximate surface area is 206 Å². The van der Waals surface area contributed by atoms with Crippen LogP contribution in [0, 0.1) is 0 Å². The van der Waals surface area contributed by atoms with Crippen LogP contribution in [-0.2, 0) is 9.53 Å². The summed E-state index contributed by atoms with van der Waals surface area (Å²) in [7, 11) is 1.77. The molecule has 0 aromatic heterocycles. The topological polar surface area (TPSA) is 68.3 Å². The van der Waals surface area contributed by atoms with Gasteiger partial charge in [0.1, 0.15) is 0 Å². The third-order valence-corrected chi connectivity index (χ3v) is 7.64. The van der Waals surface area contributed by atoms with Gasteiger partial charge in [0.2, 0.25) is 0 Å². The van der Waals surface area contributed by atoms with E-state index < -0.39 is 5.91 Å². The van der Waals surface area contributed by atoms with Crippen LogP contribution >= 0.6 is 11.9 Å². The lowest BCUT2D eigenvalue weighted by Crippen LogP contribution is -2.50. The third kappa shape index (κ3) is 6.20. The van der Waals surface area contributed by atoms with Crippen molar-refractivity contribution in [2.24, 2.45) is 0 Å². The summed E-state index contributed by atoms with van der Waals surface area (Å²) in [4.78, 5) is 17.6. The van der Waals surface area contributed by atoms with Crippen LogP contribution in [0.4, 0.5) is 5.69 Å². The number of carbonyl (C=O) groups excluding carboxylic acids is 1. The molecular weight excluding hydrogens is 448 g/mol. The van der Waals surface area contributed by atoms with E-state index in [4.69, 9.17) is 9.94 Å². The number of hydrogen-bond donors (Lipinski definition) is 2. The van der Waals surface area contributed by atoms with Gasteiger partial charge in [-0.1, -0.05) is 30.3 Å². The minimum Gasteiger partial charge on any atom is -0.383 e. The Morgan fingerprint density at radius 1 is 1.03 bits per heavy atom. The van der Waals surface area contributed by atoms with Crippen LogP contribution in [0.2, 0.25) is 0 Å². The molecule has 8 heteroatoms. The SMILES string of the molecule is COCC(C)N1CCN(c2ccc(-c3ccc(SN4CC=C(C(=O)NO)CC4)cc3)cc2)CC1. The lowest BCUT2D eigenvalue weighted by molar-refractivity contribution is -0.125. The van der Waals surface area contributed by atoms with Gasteiger partial charge in [-0.25, -0.2) is 9.79 Å². The maximum absolute atomic E-state index is 11.5. The van der Waals surface area contributed by atoms with E-state index in [9.17, 15) is 4.79 Å². The van der Waals surface area contributed by atoms with Crippen LogP contribution in [0.15, 0.2) is 65.1 Å². The molecule has 4 rings (SSSR count). The Morgan fingerprint density at radius 2 is 1.68 bits per heavy atom. The van der Waals surface area contributed by atoms with Crippen LogP contribution in [0.25, 0.3) is 11.1 Å². The molecule has 1 unspecified atom stereocenters. The van der Waals surface area contributed by atoms with Crippen LogP contribution in [0.1, 0.15) is 13.3 Å². The Kier molecular flexibility index (Phi) is 8.64. The number of ether oxygens (including phenoxy) is 1. The number of nitrogens with one attached hydrogen (secondary N) is 1. The van der Waals surface area contributed by atoms with Gasteiger partial charge in [0.25, 0.3) is 5.91 Å². The van der Waals surface area contributed by atoms with Gasteiger partial charge in [-0.2, -0.15) is 0 Å². The third-order valence-electron chi connectivity index (χ3n) is 6.57. The van der Waals surface area contributed by atoms with E-state index in [1.807, 2.05) is 6.08 Å². The normalized spacial score (nSPS) is 18.4. The van der Waals surface area contributed by atoms with Gasteiger partial charge in [-0.15, -0.1) is 0 Å². The number of anilines is 1. The van der Waals surface area contributed by atoms with Crippen LogP contribution in [-0.4, -0.2) is 79.3 Å². The van der Waals surface area contributed by atoms with E-state index in [1.165, 1.54) is 21.7 Å². The summed E-state index contributed by atoms with van der Waals surface area (Å²) < 4.78 is 7.52. The van der Waals surface area contributed by atoms with Gasteiger partial charge in [0, 0.05) is 68.6 Å². The summed E-state index contributed by atoms with van der Waals surface area (Å²) in [5.41, 5.74) is 6.05. The van der Waals surface area contributed by atoms with Crippen molar-refractivity contribution in [3.05, 3.63) is 60.2 Å². The highest BCUT2D eigenvalue weighted by molar-refractivity contribution is 7.97. The molecule has 2 aliphatic heterocycles. The quantitative estimate of drug-likeness (QED) is 0.338. The number of amides is 1. The zero-order chi connectivity index (χ0) is 23.9. The van der Waals surface area contributed by atoms with Crippen molar-refractivity contribution in [2.75, 3.05) is 57.9 Å². The molecule has 0 spiro atoms. The molecule has 2 heterocycles. The smallest absolute Gasteiger partial charge is 0.270 e. The first-order valence-corrected chi connectivity index (χ1v) is 12.6. The number of benzene rings is 2. The molecule has 0 radical (unpaired) electrons. The first-order chi connectivity index (χ1) is 16.6. The molecule has 0 aliphatic carbocycles. The molecule has 182 valence electrons. The minimum atomic E-state index is -0.404. The fourth-order valence-electron chi connectivity index (χ4n) is 4.50. The Balaban J connectivity index is 1.30. The first kappa shape index (κ1) is 24.8. The Bertz CT molecular complexity index is 973. The van der Waals surface area contributed by atoms with Crippen LogP contribution in [0.5, 0.6) is 0 Å². The minimum absolute atomic E-state index is 0.404. The first-order valence-electron chi connectivity index (χ1n) is 11.8. The molecule has 1 atom stereocenters. The van der Waals surface area contributed by atoms with Crippen LogP contribution < -0.4 is 10.4 Å². The predicted octanol–water partition coefficient (Wildman–Crippen LogP) is 3.66. The summed E-state index contributed by atoms with van der Waals surface area (Å²) in [6.07, 6.45) is 2.50. The fraction of sp³-hybridized carbons (Fsp3) is 0.423. The number of rotatable bonds is 8. The van der Waals surface area contributed by atoms with Crippen molar-refractivity contribution in [3.63, 3.8) is 0 Å². The lowest BCUT2D eigenvalue weighted by Gasteiger charge is -2.39. The van der Waals surface area contributed by atoms with E-state index in [0.717, 1.165) is 39.3 Å². The van der Waals surface area contributed by atoms with E-state index in [-0.39, 0.29) is 0 Å². The zero-order valence-corrected chi connectivity index (χ0v) is 20.8. The monoisotopic (exact) mass is 482 g/mol. The van der Waals surface area contributed by atoms with E-state index >= 15 is 0 Å². The Hall–Kier alpha value is -2.36. The van der Waals surface area contributed by atoms with Crippen molar-refractivity contribution in [3.8, 4) is 11.1 Å². The van der Waals surface area contributed by atoms with Crippen LogP contribution in [0.3, 0.4) is 0 Å². The van der Waals surface area contributed by atoms with Gasteiger partial charge in [-0.3, -0.25) is 14.9 Å². The number of carbonyl (C=O) groups is 1. The van der Waals surface area contributed by atoms with Crippen molar-refractivity contribution in [1.29, 1.82) is 0 Å². The molecule has 7 nitrogen and oxygen atoms in total. The Morgan fingerprint density at radius 3 is 2.24 bits per heavy atom. The highest BCUT2D eigenvalue weighted by Gasteiger charge is 2.21. The van der Waals surface area contributed by atoms with Gasteiger partial charge in [0.05, 0.1) is 6.61 Å². The molecule has 1 fully saturated rings. The van der Waals surface area contributed by atoms with Crippen molar-refractivity contribution in [1.82, 2.24) is 14.7 Å². The molecular formula is C26H34N4O3S. The summed E-state index contributed by atoms with van der Waals surface area (Å²) in [5, 5.41) is 8.77. The van der Waals surface area contributed by atoms with E-state index in [2.05, 4.69) is 69.6 Å². The number of nitrogens with zero attached hydrogens (tertiary/aromatic N) is 3. The zero-order valence-electron chi connectivity index (χ0n) is 19.9. The molecule has 2 aromatic rings. The van der Waals surface area contributed by atoms with Crippen molar-refractivity contribution in [2.45, 2.75) is 24.3 Å². The largest absolute Gasteiger partial charge is 0.383 e. The van der Waals surface area contributed by atoms with Gasteiger partial charge in [0.15, 0.2) is 0 Å².